The Hall–Kier alpha value is -2.43. The zero-order valence-corrected chi connectivity index (χ0v) is 14.7. The maximum Gasteiger partial charge on any atom is 0.311 e. The summed E-state index contributed by atoms with van der Waals surface area (Å²) in [7, 11) is 0. The molecule has 1 aromatic carbocycles. The molecule has 2 aromatic rings. The van der Waals surface area contributed by atoms with Crippen molar-refractivity contribution in [3.05, 3.63) is 41.1 Å². The number of carboxylic acid groups (broad SMARTS) is 1. The summed E-state index contributed by atoms with van der Waals surface area (Å²) in [6.07, 6.45) is 5.38. The first-order valence-electron chi connectivity index (χ1n) is 9.53. The van der Waals surface area contributed by atoms with Gasteiger partial charge < -0.3 is 10.0 Å². The molecule has 1 N–H and O–H groups in total. The SMILES string of the molecule is O=C(c1c2c(nc3ccccc13)CCC2)N1C[C@@H]2CCC[C@@]2(C(=O)O)C1. The van der Waals surface area contributed by atoms with Crippen LogP contribution in [0.25, 0.3) is 10.9 Å². The van der Waals surface area contributed by atoms with E-state index < -0.39 is 11.4 Å². The number of hydrogen-bond acceptors (Lipinski definition) is 3. The molecule has 1 saturated heterocycles. The van der Waals surface area contributed by atoms with Crippen molar-refractivity contribution in [1.29, 1.82) is 0 Å². The average Bonchev–Trinajstić information content (AvgIpc) is 3.32. The second-order valence-corrected chi connectivity index (χ2v) is 8.02. The van der Waals surface area contributed by atoms with E-state index in [-0.39, 0.29) is 11.8 Å². The molecule has 3 aliphatic rings. The summed E-state index contributed by atoms with van der Waals surface area (Å²) >= 11 is 0. The maximum atomic E-state index is 13.5. The Labute approximate surface area is 152 Å². The maximum absolute atomic E-state index is 13.5. The van der Waals surface area contributed by atoms with Gasteiger partial charge in [-0.05, 0) is 49.7 Å². The minimum atomic E-state index is -0.736. The van der Waals surface area contributed by atoms with Gasteiger partial charge in [0, 0.05) is 24.2 Å². The molecule has 2 heterocycles. The summed E-state index contributed by atoms with van der Waals surface area (Å²) in [5, 5.41) is 10.7. The van der Waals surface area contributed by atoms with Crippen molar-refractivity contribution in [1.82, 2.24) is 9.88 Å². The third-order valence-electron chi connectivity index (χ3n) is 6.72. The molecule has 5 heteroatoms. The Balaban J connectivity index is 1.59. The fourth-order valence-corrected chi connectivity index (χ4v) is 5.41. The number of rotatable bonds is 2. The molecule has 26 heavy (non-hydrogen) atoms. The van der Waals surface area contributed by atoms with Crippen molar-refractivity contribution < 1.29 is 14.7 Å². The zero-order chi connectivity index (χ0) is 17.9. The molecule has 0 radical (unpaired) electrons. The third-order valence-corrected chi connectivity index (χ3v) is 6.72. The molecule has 0 bridgehead atoms. The Morgan fingerprint density at radius 2 is 2.04 bits per heavy atom. The van der Waals surface area contributed by atoms with Gasteiger partial charge in [-0.1, -0.05) is 24.6 Å². The largest absolute Gasteiger partial charge is 0.481 e. The van der Waals surface area contributed by atoms with Gasteiger partial charge in [0.25, 0.3) is 5.91 Å². The van der Waals surface area contributed by atoms with Crippen LogP contribution in [0.5, 0.6) is 0 Å². The van der Waals surface area contributed by atoms with Crippen LogP contribution in [0.15, 0.2) is 24.3 Å². The number of fused-ring (bicyclic) bond motifs is 3. The van der Waals surface area contributed by atoms with Gasteiger partial charge in [-0.15, -0.1) is 0 Å². The van der Waals surface area contributed by atoms with Crippen LogP contribution >= 0.6 is 0 Å². The Kier molecular flexibility index (Phi) is 3.36. The van der Waals surface area contributed by atoms with E-state index in [9.17, 15) is 14.7 Å². The van der Waals surface area contributed by atoms with Crippen molar-refractivity contribution in [3.63, 3.8) is 0 Å². The minimum absolute atomic E-state index is 0.00299. The van der Waals surface area contributed by atoms with Gasteiger partial charge in [0.1, 0.15) is 0 Å². The number of aryl methyl sites for hydroxylation is 1. The van der Waals surface area contributed by atoms with Gasteiger partial charge in [0.05, 0.1) is 16.5 Å². The van der Waals surface area contributed by atoms with Crippen molar-refractivity contribution in [2.75, 3.05) is 13.1 Å². The number of benzene rings is 1. The highest BCUT2D eigenvalue weighted by Crippen LogP contribution is 2.49. The lowest BCUT2D eigenvalue weighted by Crippen LogP contribution is -2.37. The number of carboxylic acids is 1. The van der Waals surface area contributed by atoms with E-state index in [0.717, 1.165) is 59.8 Å². The second kappa shape index (κ2) is 5.53. The molecule has 1 aromatic heterocycles. The quantitative estimate of drug-likeness (QED) is 0.904. The topological polar surface area (TPSA) is 70.5 Å². The van der Waals surface area contributed by atoms with E-state index in [1.807, 2.05) is 24.3 Å². The number of para-hydroxylation sites is 1. The molecule has 2 fully saturated rings. The highest BCUT2D eigenvalue weighted by molar-refractivity contribution is 6.08. The summed E-state index contributed by atoms with van der Waals surface area (Å²) in [6, 6.07) is 7.82. The second-order valence-electron chi connectivity index (χ2n) is 8.02. The number of aliphatic carboxylic acids is 1. The van der Waals surface area contributed by atoms with Gasteiger partial charge >= 0.3 is 5.97 Å². The first-order chi connectivity index (χ1) is 12.6. The number of nitrogens with zero attached hydrogens (tertiary/aromatic N) is 2. The number of carbonyl (C=O) groups is 2. The lowest BCUT2D eigenvalue weighted by Gasteiger charge is -2.24. The number of carbonyl (C=O) groups excluding carboxylic acids is 1. The molecule has 2 aliphatic carbocycles. The standard InChI is InChI=1S/C21H22N2O3/c24-19(23-11-13-5-4-10-21(13,12-23)20(25)26)18-14-6-1-2-8-16(14)22-17-9-3-7-15(17)18/h1-2,6,8,13H,3-5,7,9-12H2,(H,25,26)/t13-,21+/m0/s1. The Morgan fingerprint density at radius 1 is 1.19 bits per heavy atom. The fourth-order valence-electron chi connectivity index (χ4n) is 5.41. The van der Waals surface area contributed by atoms with E-state index in [4.69, 9.17) is 4.98 Å². The van der Waals surface area contributed by atoms with Crippen LogP contribution in [-0.4, -0.2) is 40.0 Å². The summed E-state index contributed by atoms with van der Waals surface area (Å²) < 4.78 is 0. The van der Waals surface area contributed by atoms with E-state index in [1.54, 1.807) is 4.90 Å². The van der Waals surface area contributed by atoms with Crippen molar-refractivity contribution >= 4 is 22.8 Å². The molecule has 0 spiro atoms. The van der Waals surface area contributed by atoms with Gasteiger partial charge in [-0.2, -0.15) is 0 Å². The van der Waals surface area contributed by atoms with Crippen molar-refractivity contribution in [2.45, 2.75) is 38.5 Å². The van der Waals surface area contributed by atoms with E-state index in [1.165, 1.54) is 0 Å². The monoisotopic (exact) mass is 350 g/mol. The minimum Gasteiger partial charge on any atom is -0.481 e. The van der Waals surface area contributed by atoms with Crippen LogP contribution in [0.1, 0.15) is 47.3 Å². The molecule has 1 saturated carbocycles. The van der Waals surface area contributed by atoms with Gasteiger partial charge in [0.15, 0.2) is 0 Å². The van der Waals surface area contributed by atoms with Crippen LogP contribution in [0.2, 0.25) is 0 Å². The molecule has 1 aliphatic heterocycles. The number of pyridine rings is 1. The molecule has 134 valence electrons. The van der Waals surface area contributed by atoms with Crippen molar-refractivity contribution in [2.24, 2.45) is 11.3 Å². The van der Waals surface area contributed by atoms with Gasteiger partial charge in [0.2, 0.25) is 0 Å². The molecule has 2 atom stereocenters. The lowest BCUT2D eigenvalue weighted by molar-refractivity contribution is -0.149. The van der Waals surface area contributed by atoms with Crippen molar-refractivity contribution in [3.8, 4) is 0 Å². The van der Waals surface area contributed by atoms with Crippen LogP contribution in [0.3, 0.4) is 0 Å². The summed E-state index contributed by atoms with van der Waals surface area (Å²) in [6.45, 7) is 0.911. The number of hydrogen-bond donors (Lipinski definition) is 1. The predicted octanol–water partition coefficient (Wildman–Crippen LogP) is 3.05. The summed E-state index contributed by atoms with van der Waals surface area (Å²) in [5.41, 5.74) is 3.02. The molecule has 5 nitrogen and oxygen atoms in total. The molecular weight excluding hydrogens is 328 g/mol. The highest BCUT2D eigenvalue weighted by atomic mass is 16.4. The van der Waals surface area contributed by atoms with Crippen LogP contribution in [0.4, 0.5) is 0 Å². The molecule has 1 amide bonds. The van der Waals surface area contributed by atoms with E-state index >= 15 is 0 Å². The fraction of sp³-hybridized carbons (Fsp3) is 0.476. The number of likely N-dealkylation sites (tertiary alicyclic amines) is 1. The first-order valence-corrected chi connectivity index (χ1v) is 9.53. The average molecular weight is 350 g/mol. The summed E-state index contributed by atoms with van der Waals surface area (Å²) in [5.74, 6) is -0.651. The van der Waals surface area contributed by atoms with E-state index in [2.05, 4.69) is 0 Å². The van der Waals surface area contributed by atoms with Gasteiger partial charge in [-0.3, -0.25) is 14.6 Å². The molecule has 0 unspecified atom stereocenters. The predicted molar refractivity (Wildman–Crippen MR) is 97.1 cm³/mol. The first kappa shape index (κ1) is 15.8. The highest BCUT2D eigenvalue weighted by Gasteiger charge is 2.56. The Bertz CT molecular complexity index is 938. The Morgan fingerprint density at radius 3 is 2.85 bits per heavy atom. The van der Waals surface area contributed by atoms with Crippen LogP contribution in [0, 0.1) is 11.3 Å². The van der Waals surface area contributed by atoms with Crippen LogP contribution in [-0.2, 0) is 17.6 Å². The third kappa shape index (κ3) is 2.06. The smallest absolute Gasteiger partial charge is 0.311 e. The number of amides is 1. The van der Waals surface area contributed by atoms with Crippen LogP contribution < -0.4 is 0 Å². The number of aromatic nitrogens is 1. The molecule has 5 rings (SSSR count). The molecular formula is C21H22N2O3. The normalized spacial score (nSPS) is 26.9. The lowest BCUT2D eigenvalue weighted by atomic mass is 9.81. The summed E-state index contributed by atoms with van der Waals surface area (Å²) in [4.78, 5) is 32.0. The van der Waals surface area contributed by atoms with Gasteiger partial charge in [-0.25, -0.2) is 0 Å². The van der Waals surface area contributed by atoms with E-state index in [0.29, 0.717) is 19.5 Å². The zero-order valence-electron chi connectivity index (χ0n) is 14.7.